The Kier molecular flexibility index (Phi) is 12.1. The second-order valence-electron chi connectivity index (χ2n) is 19.6. The lowest BCUT2D eigenvalue weighted by Crippen LogP contribution is -2.70. The third kappa shape index (κ3) is 8.86. The number of piperidine rings is 3. The first-order valence-electron chi connectivity index (χ1n) is 24.3. The van der Waals surface area contributed by atoms with Gasteiger partial charge in [0, 0.05) is 74.2 Å². The number of nitrogens with zero attached hydrogens (tertiary/aromatic N) is 5. The Morgan fingerprint density at radius 1 is 0.819 bits per heavy atom. The van der Waals surface area contributed by atoms with Gasteiger partial charge in [-0.15, -0.1) is 0 Å². The summed E-state index contributed by atoms with van der Waals surface area (Å²) in [5.41, 5.74) is 1.86. The van der Waals surface area contributed by atoms with E-state index in [1.54, 1.807) is 55.8 Å². The summed E-state index contributed by atoms with van der Waals surface area (Å²) in [6.07, 6.45) is 5.61. The molecular weight excluding hydrogens is 926 g/mol. The molecule has 370 valence electrons. The number of methoxy groups -OCH3 is 1. The van der Waals surface area contributed by atoms with E-state index in [-0.39, 0.29) is 54.2 Å². The summed E-state index contributed by atoms with van der Waals surface area (Å²) in [4.78, 5) is 103. The van der Waals surface area contributed by atoms with Gasteiger partial charge in [-0.05, 0) is 123 Å². The quantitative estimate of drug-likeness (QED) is 0.0796. The Balaban J connectivity index is 0.657. The van der Waals surface area contributed by atoms with E-state index in [0.29, 0.717) is 47.4 Å². The van der Waals surface area contributed by atoms with E-state index in [4.69, 9.17) is 9.47 Å². The van der Waals surface area contributed by atoms with Gasteiger partial charge < -0.3 is 30.3 Å². The first-order valence-corrected chi connectivity index (χ1v) is 24.3. The number of carbonyl (C=O) groups is 7. The molecular formula is C53H52FN9O9. The van der Waals surface area contributed by atoms with E-state index in [0.717, 1.165) is 73.5 Å². The van der Waals surface area contributed by atoms with Crippen molar-refractivity contribution >= 4 is 75.0 Å². The van der Waals surface area contributed by atoms with Gasteiger partial charge in [0.1, 0.15) is 34.5 Å². The molecule has 4 aromatic carbocycles. The first kappa shape index (κ1) is 46.6. The first-order chi connectivity index (χ1) is 34.8. The zero-order chi connectivity index (χ0) is 49.8. The number of imide groups is 2. The highest BCUT2D eigenvalue weighted by molar-refractivity contribution is 6.26. The van der Waals surface area contributed by atoms with Crippen LogP contribution in [0.5, 0.6) is 17.2 Å². The van der Waals surface area contributed by atoms with E-state index < -0.39 is 52.7 Å². The number of piperazine rings is 1. The number of fused-ring (bicyclic) bond motifs is 4. The van der Waals surface area contributed by atoms with Gasteiger partial charge in [-0.1, -0.05) is 6.07 Å². The van der Waals surface area contributed by atoms with Crippen LogP contribution in [0.25, 0.3) is 10.9 Å². The molecule has 3 unspecified atom stereocenters. The number of hydrogen-bond donors (Lipinski definition) is 4. The lowest BCUT2D eigenvalue weighted by Gasteiger charge is -2.56. The average molecular weight is 978 g/mol. The molecule has 6 aliphatic heterocycles. The molecule has 1 saturated carbocycles. The fourth-order valence-corrected chi connectivity index (χ4v) is 11.0. The fourth-order valence-electron chi connectivity index (χ4n) is 11.0. The largest absolute Gasteiger partial charge is 0.495 e. The summed E-state index contributed by atoms with van der Waals surface area (Å²) in [7, 11) is 1.66. The van der Waals surface area contributed by atoms with Gasteiger partial charge in [-0.2, -0.15) is 0 Å². The average Bonchev–Trinajstić information content (AvgIpc) is 4.16. The van der Waals surface area contributed by atoms with E-state index in [1.165, 1.54) is 30.3 Å². The molecule has 5 aromatic rings. The van der Waals surface area contributed by atoms with Gasteiger partial charge in [-0.25, -0.2) is 4.39 Å². The molecule has 2 bridgehead atoms. The number of anilines is 4. The Bertz CT molecular complexity index is 3040. The van der Waals surface area contributed by atoms with Crippen LogP contribution < -0.4 is 35.6 Å². The minimum atomic E-state index is -1.18. The van der Waals surface area contributed by atoms with Crippen LogP contribution in [0.2, 0.25) is 0 Å². The normalized spacial score (nSPS) is 21.7. The van der Waals surface area contributed by atoms with Crippen LogP contribution in [-0.2, 0) is 24.0 Å². The molecule has 7 amide bonds. The van der Waals surface area contributed by atoms with E-state index >= 15 is 0 Å². The fraction of sp³-hybridized carbons (Fsp3) is 0.358. The van der Waals surface area contributed by atoms with Gasteiger partial charge in [0.15, 0.2) is 0 Å². The molecule has 0 spiro atoms. The Morgan fingerprint density at radius 2 is 1.51 bits per heavy atom. The second-order valence-corrected chi connectivity index (χ2v) is 19.6. The molecule has 3 atom stereocenters. The number of halogens is 1. The van der Waals surface area contributed by atoms with Crippen molar-refractivity contribution in [2.24, 2.45) is 11.3 Å². The predicted octanol–water partition coefficient (Wildman–Crippen LogP) is 5.55. The minimum absolute atomic E-state index is 0.0198. The number of aromatic nitrogens is 1. The van der Waals surface area contributed by atoms with Crippen molar-refractivity contribution in [1.29, 1.82) is 0 Å². The van der Waals surface area contributed by atoms with E-state index in [9.17, 15) is 38.0 Å². The molecule has 7 heterocycles. The standard InChI is InChI=1S/C53H52FN9O9/c1-71-44-24-38-40(55-20-15-43(38)72-36-11-9-33(10-12-36)57-52(70)53(18-19-53)51(69)56-32-7-5-31(54)6-8-32)25-42(44)61-21-16-30(17-22-61)26-60-27-34-23-35(28-60)62(34)29-46(65)58-39-4-2-3-37-47(39)50(68)63(49(37)67)41-13-14-45(64)59-48(41)66/h2-12,15,20,24-25,30,34-35,41H,13-14,16-19,21-23,26-29H2,1H3,(H,56,69)(H,57,70)(H,58,65)(H,59,64,66). The van der Waals surface area contributed by atoms with Crippen LogP contribution in [0, 0.1) is 17.2 Å². The van der Waals surface area contributed by atoms with Crippen molar-refractivity contribution < 1.29 is 47.4 Å². The van der Waals surface area contributed by atoms with Crippen LogP contribution >= 0.6 is 0 Å². The maximum atomic E-state index is 13.5. The van der Waals surface area contributed by atoms with Gasteiger partial charge >= 0.3 is 0 Å². The summed E-state index contributed by atoms with van der Waals surface area (Å²) < 4.78 is 25.6. The van der Waals surface area contributed by atoms with Gasteiger partial charge in [-0.3, -0.25) is 58.6 Å². The molecule has 7 aliphatic rings. The third-order valence-corrected chi connectivity index (χ3v) is 15.0. The van der Waals surface area contributed by atoms with Crippen molar-refractivity contribution in [1.82, 2.24) is 25.0 Å². The van der Waals surface area contributed by atoms with Gasteiger partial charge in [0.2, 0.25) is 29.5 Å². The molecule has 72 heavy (non-hydrogen) atoms. The number of amides is 7. The highest BCUT2D eigenvalue weighted by atomic mass is 19.1. The molecule has 1 aliphatic carbocycles. The minimum Gasteiger partial charge on any atom is -0.495 e. The molecule has 6 fully saturated rings. The van der Waals surface area contributed by atoms with Gasteiger partial charge in [0.05, 0.1) is 41.7 Å². The number of carbonyl (C=O) groups excluding carboxylic acids is 7. The smallest absolute Gasteiger partial charge is 0.264 e. The molecule has 5 saturated heterocycles. The molecule has 12 rings (SSSR count). The maximum absolute atomic E-state index is 13.5. The summed E-state index contributed by atoms with van der Waals surface area (Å²) in [5, 5.41) is 11.4. The summed E-state index contributed by atoms with van der Waals surface area (Å²) in [6.45, 7) is 4.54. The molecule has 0 radical (unpaired) electrons. The predicted molar refractivity (Wildman–Crippen MR) is 262 cm³/mol. The van der Waals surface area contributed by atoms with E-state index in [2.05, 4.69) is 41.0 Å². The number of nitrogens with one attached hydrogen (secondary N) is 4. The lowest BCUT2D eigenvalue weighted by atomic mass is 9.86. The van der Waals surface area contributed by atoms with Crippen LogP contribution in [0.15, 0.2) is 91.1 Å². The Hall–Kier alpha value is -7.77. The summed E-state index contributed by atoms with van der Waals surface area (Å²) >= 11 is 0. The van der Waals surface area contributed by atoms with Crippen LogP contribution in [0.1, 0.15) is 65.7 Å². The second kappa shape index (κ2) is 18.8. The molecule has 1 aromatic heterocycles. The van der Waals surface area contributed by atoms with Crippen LogP contribution in [0.4, 0.5) is 27.1 Å². The molecule has 19 heteroatoms. The summed E-state index contributed by atoms with van der Waals surface area (Å²) in [6, 6.07) is 22.2. The van der Waals surface area contributed by atoms with Crippen molar-refractivity contribution in [2.45, 2.75) is 63.1 Å². The lowest BCUT2D eigenvalue weighted by molar-refractivity contribution is -0.136. The Morgan fingerprint density at radius 3 is 2.18 bits per heavy atom. The number of benzene rings is 4. The van der Waals surface area contributed by atoms with Crippen LogP contribution in [0.3, 0.4) is 0 Å². The zero-order valence-corrected chi connectivity index (χ0v) is 39.5. The zero-order valence-electron chi connectivity index (χ0n) is 39.5. The number of ether oxygens (including phenoxy) is 2. The highest BCUT2D eigenvalue weighted by Gasteiger charge is 2.56. The van der Waals surface area contributed by atoms with Crippen LogP contribution in [-0.4, -0.2) is 126 Å². The maximum Gasteiger partial charge on any atom is 0.264 e. The van der Waals surface area contributed by atoms with E-state index in [1.807, 2.05) is 12.1 Å². The number of rotatable bonds is 14. The number of pyridine rings is 1. The summed E-state index contributed by atoms with van der Waals surface area (Å²) in [5.74, 6) is -1.62. The van der Waals surface area contributed by atoms with Crippen molar-refractivity contribution in [2.75, 3.05) is 67.2 Å². The monoisotopic (exact) mass is 977 g/mol. The third-order valence-electron chi connectivity index (χ3n) is 15.0. The SMILES string of the molecule is COc1cc2c(Oc3ccc(NC(=O)C4(C(=O)Nc5ccc(F)cc5)CC4)cc3)ccnc2cc1N1CCC(CN2CC3CC(C2)N3CC(=O)Nc2cccc3c2C(=O)N(C2CCC(=O)NC2=O)C3=O)CC1. The highest BCUT2D eigenvalue weighted by Crippen LogP contribution is 2.48. The Labute approximate surface area is 413 Å². The number of hydrogen-bond acceptors (Lipinski definition) is 13. The molecule has 4 N–H and O–H groups in total. The van der Waals surface area contributed by atoms with Gasteiger partial charge in [0.25, 0.3) is 11.8 Å². The topological polar surface area (TPSA) is 212 Å². The van der Waals surface area contributed by atoms with Crippen molar-refractivity contribution in [3.8, 4) is 17.2 Å². The van der Waals surface area contributed by atoms with Crippen molar-refractivity contribution in [3.05, 3.63) is 108 Å². The van der Waals surface area contributed by atoms with Crippen molar-refractivity contribution in [3.63, 3.8) is 0 Å². The molecule has 18 nitrogen and oxygen atoms in total.